The Labute approximate surface area is 103 Å². The molecule has 0 aromatic heterocycles. The molecule has 0 aromatic rings. The largest absolute Gasteiger partial charge is 0.314 e. The molecule has 0 saturated carbocycles. The highest BCUT2D eigenvalue weighted by Crippen LogP contribution is 2.11. The van der Waals surface area contributed by atoms with Gasteiger partial charge in [-0.25, -0.2) is 0 Å². The van der Waals surface area contributed by atoms with Crippen LogP contribution in [0.15, 0.2) is 0 Å². The first-order valence-electron chi connectivity index (χ1n) is 7.00. The first kappa shape index (κ1) is 15.9. The molecule has 0 radical (unpaired) electrons. The summed E-state index contributed by atoms with van der Waals surface area (Å²) in [6.07, 6.45) is 2.52. The lowest BCUT2D eigenvalue weighted by molar-refractivity contribution is 0.158. The predicted molar refractivity (Wildman–Crippen MR) is 73.9 cm³/mol. The Kier molecular flexibility index (Phi) is 8.96. The van der Waals surface area contributed by atoms with Gasteiger partial charge in [-0.05, 0) is 45.3 Å². The van der Waals surface area contributed by atoms with Gasteiger partial charge < -0.3 is 10.2 Å². The summed E-state index contributed by atoms with van der Waals surface area (Å²) in [6.45, 7) is 17.3. The van der Waals surface area contributed by atoms with Crippen LogP contribution in [0.3, 0.4) is 0 Å². The molecule has 0 heterocycles. The molecular formula is C14H32N2. The molecule has 0 rings (SSSR count). The van der Waals surface area contributed by atoms with Crippen molar-refractivity contribution in [3.8, 4) is 0 Å². The Morgan fingerprint density at radius 2 is 1.44 bits per heavy atom. The summed E-state index contributed by atoms with van der Waals surface area (Å²) in [4.78, 5) is 2.63. The van der Waals surface area contributed by atoms with Gasteiger partial charge in [-0.15, -0.1) is 0 Å². The van der Waals surface area contributed by atoms with E-state index in [2.05, 4.69) is 51.8 Å². The third kappa shape index (κ3) is 6.49. The van der Waals surface area contributed by atoms with E-state index in [1.807, 2.05) is 0 Å². The van der Waals surface area contributed by atoms with Gasteiger partial charge in [0.15, 0.2) is 0 Å². The molecular weight excluding hydrogens is 196 g/mol. The topological polar surface area (TPSA) is 15.3 Å². The van der Waals surface area contributed by atoms with Crippen molar-refractivity contribution in [2.75, 3.05) is 19.6 Å². The quantitative estimate of drug-likeness (QED) is 0.652. The van der Waals surface area contributed by atoms with Gasteiger partial charge in [0, 0.05) is 12.1 Å². The third-order valence-corrected chi connectivity index (χ3v) is 3.27. The summed E-state index contributed by atoms with van der Waals surface area (Å²) in [7, 11) is 0. The fourth-order valence-corrected chi connectivity index (χ4v) is 2.05. The highest BCUT2D eigenvalue weighted by atomic mass is 15.2. The van der Waals surface area contributed by atoms with Crippen LogP contribution in [0.25, 0.3) is 0 Å². The van der Waals surface area contributed by atoms with E-state index in [-0.39, 0.29) is 0 Å². The maximum Gasteiger partial charge on any atom is 0.0105 e. The Hall–Kier alpha value is -0.0800. The number of hydrogen-bond donors (Lipinski definition) is 1. The summed E-state index contributed by atoms with van der Waals surface area (Å²) in [5, 5.41) is 3.54. The van der Waals surface area contributed by atoms with Gasteiger partial charge in [0.05, 0.1) is 0 Å². The molecule has 0 saturated heterocycles. The minimum absolute atomic E-state index is 0.598. The number of hydrogen-bond acceptors (Lipinski definition) is 2. The molecule has 2 unspecified atom stereocenters. The molecule has 0 aliphatic rings. The molecule has 0 aliphatic carbocycles. The van der Waals surface area contributed by atoms with E-state index in [0.717, 1.165) is 12.5 Å². The van der Waals surface area contributed by atoms with Crippen LogP contribution in [-0.4, -0.2) is 36.6 Å². The average molecular weight is 228 g/mol. The first-order valence-corrected chi connectivity index (χ1v) is 7.00. The maximum atomic E-state index is 3.54. The number of nitrogens with one attached hydrogen (secondary N) is 1. The summed E-state index contributed by atoms with van der Waals surface area (Å²) in [5.41, 5.74) is 0. The molecule has 16 heavy (non-hydrogen) atoms. The van der Waals surface area contributed by atoms with Crippen molar-refractivity contribution in [3.63, 3.8) is 0 Å². The molecule has 1 N–H and O–H groups in total. The fourth-order valence-electron chi connectivity index (χ4n) is 2.05. The first-order chi connectivity index (χ1) is 7.52. The van der Waals surface area contributed by atoms with Gasteiger partial charge in [-0.3, -0.25) is 0 Å². The molecule has 2 nitrogen and oxygen atoms in total. The Bertz CT molecular complexity index is 151. The Morgan fingerprint density at radius 1 is 0.938 bits per heavy atom. The third-order valence-electron chi connectivity index (χ3n) is 3.27. The smallest absolute Gasteiger partial charge is 0.0105 e. The zero-order valence-electron chi connectivity index (χ0n) is 12.2. The van der Waals surface area contributed by atoms with Gasteiger partial charge in [-0.2, -0.15) is 0 Å². The van der Waals surface area contributed by atoms with Gasteiger partial charge in [0.25, 0.3) is 0 Å². The highest BCUT2D eigenvalue weighted by molar-refractivity contribution is 4.74. The maximum absolute atomic E-state index is 3.54. The van der Waals surface area contributed by atoms with E-state index < -0.39 is 0 Å². The minimum atomic E-state index is 0.598. The lowest BCUT2D eigenvalue weighted by Crippen LogP contribution is -2.43. The fraction of sp³-hybridized carbons (Fsp3) is 1.00. The van der Waals surface area contributed by atoms with E-state index in [1.165, 1.54) is 25.9 Å². The molecule has 0 amide bonds. The molecule has 0 fully saturated rings. The van der Waals surface area contributed by atoms with Crippen LogP contribution in [0.2, 0.25) is 0 Å². The van der Waals surface area contributed by atoms with Gasteiger partial charge in [0.2, 0.25) is 0 Å². The van der Waals surface area contributed by atoms with E-state index in [9.17, 15) is 0 Å². The van der Waals surface area contributed by atoms with Gasteiger partial charge in [0.1, 0.15) is 0 Å². The normalized spacial score (nSPS) is 15.8. The summed E-state index contributed by atoms with van der Waals surface area (Å²) >= 11 is 0. The summed E-state index contributed by atoms with van der Waals surface area (Å²) in [5.74, 6) is 0.723. The zero-order chi connectivity index (χ0) is 12.6. The lowest BCUT2D eigenvalue weighted by atomic mass is 10.0. The second kappa shape index (κ2) is 9.00. The highest BCUT2D eigenvalue weighted by Gasteiger charge is 2.18. The second-order valence-electron chi connectivity index (χ2n) is 5.32. The zero-order valence-corrected chi connectivity index (χ0v) is 12.2. The predicted octanol–water partition coefficient (Wildman–Crippen LogP) is 3.13. The molecule has 0 aliphatic heterocycles. The van der Waals surface area contributed by atoms with Crippen LogP contribution in [-0.2, 0) is 0 Å². The van der Waals surface area contributed by atoms with E-state index >= 15 is 0 Å². The van der Waals surface area contributed by atoms with Crippen molar-refractivity contribution in [1.82, 2.24) is 10.2 Å². The SMILES string of the molecule is CCCN(CCC)C(C)C(C)CNC(C)C. The Morgan fingerprint density at radius 3 is 1.81 bits per heavy atom. The second-order valence-corrected chi connectivity index (χ2v) is 5.32. The van der Waals surface area contributed by atoms with Crippen LogP contribution in [0, 0.1) is 5.92 Å². The monoisotopic (exact) mass is 228 g/mol. The lowest BCUT2D eigenvalue weighted by Gasteiger charge is -2.33. The van der Waals surface area contributed by atoms with Crippen LogP contribution < -0.4 is 5.32 Å². The molecule has 0 bridgehead atoms. The van der Waals surface area contributed by atoms with Crippen LogP contribution in [0.1, 0.15) is 54.4 Å². The number of rotatable bonds is 9. The van der Waals surface area contributed by atoms with Crippen molar-refractivity contribution in [2.45, 2.75) is 66.5 Å². The summed E-state index contributed by atoms with van der Waals surface area (Å²) in [6, 6.07) is 1.28. The van der Waals surface area contributed by atoms with Crippen molar-refractivity contribution in [3.05, 3.63) is 0 Å². The van der Waals surface area contributed by atoms with Crippen LogP contribution >= 0.6 is 0 Å². The average Bonchev–Trinajstić information content (AvgIpc) is 2.24. The summed E-state index contributed by atoms with van der Waals surface area (Å²) < 4.78 is 0. The van der Waals surface area contributed by atoms with Crippen molar-refractivity contribution in [2.24, 2.45) is 5.92 Å². The van der Waals surface area contributed by atoms with Gasteiger partial charge >= 0.3 is 0 Å². The molecule has 0 aromatic carbocycles. The number of nitrogens with zero attached hydrogens (tertiary/aromatic N) is 1. The van der Waals surface area contributed by atoms with Crippen LogP contribution in [0.4, 0.5) is 0 Å². The minimum Gasteiger partial charge on any atom is -0.314 e. The van der Waals surface area contributed by atoms with E-state index in [0.29, 0.717) is 12.1 Å². The molecule has 2 atom stereocenters. The molecule has 98 valence electrons. The molecule has 0 spiro atoms. The van der Waals surface area contributed by atoms with E-state index in [4.69, 9.17) is 0 Å². The standard InChI is InChI=1S/C14H32N2/c1-7-9-16(10-8-2)14(6)13(5)11-15-12(3)4/h12-15H,7-11H2,1-6H3. The van der Waals surface area contributed by atoms with Crippen LogP contribution in [0.5, 0.6) is 0 Å². The molecule has 2 heteroatoms. The Balaban J connectivity index is 4.07. The van der Waals surface area contributed by atoms with Gasteiger partial charge in [-0.1, -0.05) is 34.6 Å². The van der Waals surface area contributed by atoms with Crippen molar-refractivity contribution >= 4 is 0 Å². The van der Waals surface area contributed by atoms with Crippen molar-refractivity contribution in [1.29, 1.82) is 0 Å². The van der Waals surface area contributed by atoms with E-state index in [1.54, 1.807) is 0 Å². The van der Waals surface area contributed by atoms with Crippen molar-refractivity contribution < 1.29 is 0 Å².